The molecular weight excluding hydrogens is 673 g/mol. The topological polar surface area (TPSA) is 86.7 Å². The summed E-state index contributed by atoms with van der Waals surface area (Å²) in [7, 11) is 0. The molecule has 54 heavy (non-hydrogen) atoms. The van der Waals surface area contributed by atoms with Crippen LogP contribution < -0.4 is 0 Å². The van der Waals surface area contributed by atoms with E-state index in [1.165, 1.54) is 25.7 Å². The van der Waals surface area contributed by atoms with Gasteiger partial charge in [0.15, 0.2) is 0 Å². The Morgan fingerprint density at radius 1 is 0.463 bits per heavy atom. The maximum atomic E-state index is 14.5. The maximum absolute atomic E-state index is 14.5. The summed E-state index contributed by atoms with van der Waals surface area (Å²) in [4.78, 5) is 55.9. The van der Waals surface area contributed by atoms with E-state index in [2.05, 4.69) is 41.5 Å². The molecule has 6 nitrogen and oxygen atoms in total. The van der Waals surface area contributed by atoms with E-state index >= 15 is 0 Å². The van der Waals surface area contributed by atoms with E-state index in [0.29, 0.717) is 108 Å². The summed E-state index contributed by atoms with van der Waals surface area (Å²) in [6.07, 6.45) is 18.8. The zero-order chi connectivity index (χ0) is 37.9. The first-order valence-electron chi connectivity index (χ1n) is 23.1. The fraction of sp³-hybridized carbons (Fsp3) is 0.917. The fourth-order valence-corrected chi connectivity index (χ4v) is 17.5. The van der Waals surface area contributed by atoms with Crippen molar-refractivity contribution in [3.05, 3.63) is 0 Å². The molecule has 6 heteroatoms. The lowest BCUT2D eigenvalue weighted by Gasteiger charge is -2.60. The second-order valence-electron chi connectivity index (χ2n) is 22.3. The number of rotatable bonds is 0. The van der Waals surface area contributed by atoms with Crippen molar-refractivity contribution in [1.29, 1.82) is 0 Å². The SMILES string of the molecule is C[C@@H]1CCC(=O)O[C@@H]2CC[C@@]3(C)[C@H](CC[C@@H]4[C@@H]3CC(=O)[C@]3(C)[C@H](CC[C@@H]43)[C@H](C)CCC(=O)O[C@@H]3CC[C@@]4(C)[C@H](CC[C@@H]5[C@@H]4CC(=O)[C@]4(C)[C@@H]1CC[C@@H]54)C3)C2. The van der Waals surface area contributed by atoms with E-state index in [9.17, 15) is 19.2 Å². The lowest BCUT2D eigenvalue weighted by atomic mass is 9.44. The number of esters is 2. The van der Waals surface area contributed by atoms with Gasteiger partial charge in [-0.15, -0.1) is 0 Å². The first-order chi connectivity index (χ1) is 25.7. The maximum Gasteiger partial charge on any atom is 0.306 e. The van der Waals surface area contributed by atoms with Gasteiger partial charge in [-0.1, -0.05) is 41.5 Å². The summed E-state index contributed by atoms with van der Waals surface area (Å²) in [6, 6.07) is 0. The van der Waals surface area contributed by atoms with Gasteiger partial charge in [-0.3, -0.25) is 19.2 Å². The molecule has 0 amide bonds. The van der Waals surface area contributed by atoms with Gasteiger partial charge in [-0.05, 0) is 185 Å². The van der Waals surface area contributed by atoms with E-state index < -0.39 is 0 Å². The lowest BCUT2D eigenvalue weighted by Crippen LogP contribution is -2.57. The summed E-state index contributed by atoms with van der Waals surface area (Å²) in [5.74, 6) is 6.10. The molecule has 8 aliphatic heterocycles. The third-order valence-electron chi connectivity index (χ3n) is 20.7. The quantitative estimate of drug-likeness (QED) is 0.230. The van der Waals surface area contributed by atoms with Crippen LogP contribution in [-0.4, -0.2) is 35.7 Å². The molecule has 8 heterocycles. The number of hydrogen-bond donors (Lipinski definition) is 0. The molecule has 0 aromatic rings. The molecule has 8 aliphatic carbocycles. The van der Waals surface area contributed by atoms with Crippen LogP contribution >= 0.6 is 0 Å². The first kappa shape index (κ1) is 37.8. The van der Waals surface area contributed by atoms with Gasteiger partial charge in [-0.25, -0.2) is 0 Å². The number of carbonyl (C=O) groups is 4. The molecule has 16 fully saturated rings. The van der Waals surface area contributed by atoms with E-state index in [1.807, 2.05) is 0 Å². The van der Waals surface area contributed by atoms with Crippen molar-refractivity contribution in [3.63, 3.8) is 0 Å². The zero-order valence-electron chi connectivity index (χ0n) is 34.7. The van der Waals surface area contributed by atoms with Crippen LogP contribution in [0.25, 0.3) is 0 Å². The van der Waals surface area contributed by atoms with Gasteiger partial charge in [0.1, 0.15) is 23.8 Å². The van der Waals surface area contributed by atoms with Crippen LogP contribution in [0.2, 0.25) is 0 Å². The zero-order valence-corrected chi connectivity index (χ0v) is 34.7. The Morgan fingerprint density at radius 2 is 0.852 bits per heavy atom. The van der Waals surface area contributed by atoms with Gasteiger partial charge in [0.25, 0.3) is 0 Å². The number of ketones is 2. The van der Waals surface area contributed by atoms with E-state index in [-0.39, 0.29) is 45.8 Å². The molecule has 0 radical (unpaired) electrons. The molecule has 0 unspecified atom stereocenters. The normalized spacial score (nSPS) is 54.9. The molecule has 0 aromatic carbocycles. The minimum Gasteiger partial charge on any atom is -0.462 e. The average Bonchev–Trinajstić information content (AvgIpc) is 3.69. The second kappa shape index (κ2) is 13.4. The van der Waals surface area contributed by atoms with Crippen molar-refractivity contribution in [1.82, 2.24) is 0 Å². The molecule has 16 aliphatic rings. The third kappa shape index (κ3) is 5.55. The van der Waals surface area contributed by atoms with Crippen LogP contribution in [0.3, 0.4) is 0 Å². The van der Waals surface area contributed by atoms with E-state index in [0.717, 1.165) is 77.0 Å². The van der Waals surface area contributed by atoms with Crippen LogP contribution in [0.5, 0.6) is 0 Å². The molecular formula is C48H72O6. The minimum atomic E-state index is -0.287. The minimum absolute atomic E-state index is 0.0148. The number of hydrogen-bond acceptors (Lipinski definition) is 6. The molecule has 8 saturated heterocycles. The standard InChI is InChI=1S/C48H72O6/c1-27-7-17-43(51)53-31-19-21-46(4)30(23-31)10-12-34-38-16-14-36(48(38,6)42(50)26-40(34)46)28(2)8-18-44(52)54-32-20-22-45(3)29(24-32)9-11-33-37-15-13-35(27)47(37,5)41(49)25-39(33)45/h27-40H,7-26H2,1-6H3/t27-,28-,29-,30-,31-,32-,33+,34+,35-,36-,37+,38+,39+,40+,45+,46+,47-,48-/m1/s1. The van der Waals surface area contributed by atoms with Crippen molar-refractivity contribution in [2.75, 3.05) is 0 Å². The van der Waals surface area contributed by atoms with Gasteiger partial charge in [-0.2, -0.15) is 0 Å². The van der Waals surface area contributed by atoms with Gasteiger partial charge < -0.3 is 9.47 Å². The third-order valence-corrected chi connectivity index (χ3v) is 20.7. The summed E-state index contributed by atoms with van der Waals surface area (Å²) < 4.78 is 12.6. The molecule has 18 atom stereocenters. The highest BCUT2D eigenvalue weighted by atomic mass is 16.5. The Balaban J connectivity index is 0.968. The van der Waals surface area contributed by atoms with Crippen LogP contribution in [0.15, 0.2) is 0 Å². The molecule has 300 valence electrons. The van der Waals surface area contributed by atoms with Crippen molar-refractivity contribution in [2.24, 2.45) is 92.7 Å². The van der Waals surface area contributed by atoms with E-state index in [4.69, 9.17) is 9.47 Å². The number of carbonyl (C=O) groups excluding carboxylic acids is 4. The molecule has 16 bridgehead atoms. The monoisotopic (exact) mass is 745 g/mol. The highest BCUT2D eigenvalue weighted by Gasteiger charge is 2.66. The van der Waals surface area contributed by atoms with E-state index in [1.54, 1.807) is 0 Å². The summed E-state index contributed by atoms with van der Waals surface area (Å²) in [6.45, 7) is 14.2. The van der Waals surface area contributed by atoms with Gasteiger partial charge in [0.2, 0.25) is 0 Å². The van der Waals surface area contributed by atoms with Gasteiger partial charge in [0, 0.05) is 36.5 Å². The molecule has 16 rings (SSSR count). The van der Waals surface area contributed by atoms with Gasteiger partial charge >= 0.3 is 11.9 Å². The molecule has 0 N–H and O–H groups in total. The molecule has 0 aromatic heterocycles. The fourth-order valence-electron chi connectivity index (χ4n) is 17.5. The van der Waals surface area contributed by atoms with Gasteiger partial charge in [0.05, 0.1) is 0 Å². The number of Topliss-reactive ketones (excluding diaryl/α,β-unsaturated/α-hetero) is 2. The van der Waals surface area contributed by atoms with Crippen LogP contribution in [0, 0.1) is 92.7 Å². The van der Waals surface area contributed by atoms with Crippen molar-refractivity contribution < 1.29 is 28.7 Å². The number of ether oxygens (including phenoxy) is 2. The lowest BCUT2D eigenvalue weighted by molar-refractivity contribution is -0.169. The average molecular weight is 745 g/mol. The largest absolute Gasteiger partial charge is 0.462 e. The highest BCUT2D eigenvalue weighted by Crippen LogP contribution is 2.69. The van der Waals surface area contributed by atoms with Crippen LogP contribution in [-0.2, 0) is 28.7 Å². The summed E-state index contributed by atoms with van der Waals surface area (Å²) in [5, 5.41) is 0. The van der Waals surface area contributed by atoms with Crippen molar-refractivity contribution in [3.8, 4) is 0 Å². The van der Waals surface area contributed by atoms with Crippen LogP contribution in [0.1, 0.15) is 170 Å². The summed E-state index contributed by atoms with van der Waals surface area (Å²) in [5.41, 5.74) is -0.318. The second-order valence-corrected chi connectivity index (χ2v) is 22.3. The smallest absolute Gasteiger partial charge is 0.306 e. The first-order valence-corrected chi connectivity index (χ1v) is 23.1. The predicted molar refractivity (Wildman–Crippen MR) is 208 cm³/mol. The Bertz CT molecular complexity index is 1420. The van der Waals surface area contributed by atoms with Crippen LogP contribution in [0.4, 0.5) is 0 Å². The summed E-state index contributed by atoms with van der Waals surface area (Å²) >= 11 is 0. The molecule has 0 spiro atoms. The Labute approximate surface area is 326 Å². The Kier molecular flexibility index (Phi) is 9.40. The van der Waals surface area contributed by atoms with Crippen molar-refractivity contribution in [2.45, 2.75) is 182 Å². The Morgan fingerprint density at radius 3 is 1.26 bits per heavy atom. The molecule has 8 saturated carbocycles. The highest BCUT2D eigenvalue weighted by molar-refractivity contribution is 5.87. The Hall–Kier alpha value is -1.72. The van der Waals surface area contributed by atoms with Crippen molar-refractivity contribution >= 4 is 23.5 Å². The predicted octanol–water partition coefficient (Wildman–Crippen LogP) is 10.3.